The Kier molecular flexibility index (Phi) is 4.97. The average Bonchev–Trinajstić information content (AvgIpc) is 2.21. The van der Waals surface area contributed by atoms with E-state index in [1.54, 1.807) is 7.11 Å². The summed E-state index contributed by atoms with van der Waals surface area (Å²) in [5.41, 5.74) is 2.43. The molecule has 0 saturated heterocycles. The number of likely N-dealkylation sites (N-methyl/N-ethyl adjacent to an activating group) is 1. The smallest absolute Gasteiger partial charge is 0.0713 e. The Labute approximate surface area is 85.6 Å². The molecule has 0 fully saturated rings. The third-order valence-electron chi connectivity index (χ3n) is 1.92. The second kappa shape index (κ2) is 6.35. The Hall–Kier alpha value is -1.12. The van der Waals surface area contributed by atoms with Gasteiger partial charge in [0.2, 0.25) is 0 Å². The van der Waals surface area contributed by atoms with Crippen molar-refractivity contribution >= 4 is 6.08 Å². The summed E-state index contributed by atoms with van der Waals surface area (Å²) in [6.07, 6.45) is 4.21. The van der Waals surface area contributed by atoms with Gasteiger partial charge in [-0.05, 0) is 18.2 Å². The SMILES string of the molecule is CNCC=Cc1ccc(COC)cc1. The molecule has 0 unspecified atom stereocenters. The molecule has 0 heterocycles. The zero-order chi connectivity index (χ0) is 10.2. The van der Waals surface area contributed by atoms with Gasteiger partial charge in [0, 0.05) is 13.7 Å². The van der Waals surface area contributed by atoms with E-state index in [2.05, 4.69) is 41.7 Å². The van der Waals surface area contributed by atoms with Gasteiger partial charge >= 0.3 is 0 Å². The van der Waals surface area contributed by atoms with Gasteiger partial charge in [0.15, 0.2) is 0 Å². The van der Waals surface area contributed by atoms with Crippen LogP contribution >= 0.6 is 0 Å². The van der Waals surface area contributed by atoms with Crippen LogP contribution in [0.25, 0.3) is 6.08 Å². The zero-order valence-corrected chi connectivity index (χ0v) is 8.79. The topological polar surface area (TPSA) is 21.3 Å². The van der Waals surface area contributed by atoms with Gasteiger partial charge in [-0.2, -0.15) is 0 Å². The Morgan fingerprint density at radius 2 is 2.00 bits per heavy atom. The average molecular weight is 191 g/mol. The van der Waals surface area contributed by atoms with Crippen LogP contribution in [0.5, 0.6) is 0 Å². The fourth-order valence-electron chi connectivity index (χ4n) is 1.20. The van der Waals surface area contributed by atoms with Gasteiger partial charge in [-0.15, -0.1) is 0 Å². The standard InChI is InChI=1S/C12H17NO/c1-13-9-3-4-11-5-7-12(8-6-11)10-14-2/h3-8,13H,9-10H2,1-2H3. The first-order valence-corrected chi connectivity index (χ1v) is 4.76. The minimum atomic E-state index is 0.681. The highest BCUT2D eigenvalue weighted by molar-refractivity contribution is 5.49. The maximum Gasteiger partial charge on any atom is 0.0713 e. The summed E-state index contributed by atoms with van der Waals surface area (Å²) in [6, 6.07) is 8.37. The fourth-order valence-corrected chi connectivity index (χ4v) is 1.20. The number of rotatable bonds is 5. The molecular formula is C12H17NO. The molecule has 0 aromatic heterocycles. The van der Waals surface area contributed by atoms with Gasteiger partial charge in [0.25, 0.3) is 0 Å². The van der Waals surface area contributed by atoms with Crippen molar-refractivity contribution in [2.24, 2.45) is 0 Å². The molecule has 1 N–H and O–H groups in total. The van der Waals surface area contributed by atoms with Gasteiger partial charge < -0.3 is 10.1 Å². The predicted octanol–water partition coefficient (Wildman–Crippen LogP) is 2.07. The van der Waals surface area contributed by atoms with Crippen molar-refractivity contribution < 1.29 is 4.74 Å². The van der Waals surface area contributed by atoms with E-state index in [1.807, 2.05) is 7.05 Å². The maximum absolute atomic E-state index is 5.04. The fraction of sp³-hybridized carbons (Fsp3) is 0.333. The third-order valence-corrected chi connectivity index (χ3v) is 1.92. The van der Waals surface area contributed by atoms with Crippen LogP contribution in [0.4, 0.5) is 0 Å². The Balaban J connectivity index is 2.54. The van der Waals surface area contributed by atoms with Crippen molar-refractivity contribution in [2.45, 2.75) is 6.61 Å². The molecule has 2 nitrogen and oxygen atoms in total. The first kappa shape index (κ1) is 11.0. The van der Waals surface area contributed by atoms with Crippen LogP contribution in [0, 0.1) is 0 Å². The molecule has 0 atom stereocenters. The monoisotopic (exact) mass is 191 g/mol. The van der Waals surface area contributed by atoms with E-state index in [0.717, 1.165) is 6.54 Å². The summed E-state index contributed by atoms with van der Waals surface area (Å²) in [7, 11) is 3.65. The van der Waals surface area contributed by atoms with Crippen LogP contribution in [0.1, 0.15) is 11.1 Å². The Bertz CT molecular complexity index is 277. The van der Waals surface area contributed by atoms with Crippen LogP contribution < -0.4 is 5.32 Å². The number of ether oxygens (including phenoxy) is 1. The lowest BCUT2D eigenvalue weighted by Crippen LogP contribution is -2.03. The van der Waals surface area contributed by atoms with Crippen molar-refractivity contribution in [1.82, 2.24) is 5.32 Å². The quantitative estimate of drug-likeness (QED) is 0.769. The summed E-state index contributed by atoms with van der Waals surface area (Å²) in [6.45, 7) is 1.58. The molecule has 0 spiro atoms. The van der Waals surface area contributed by atoms with Crippen LogP contribution in [-0.4, -0.2) is 20.7 Å². The lowest BCUT2D eigenvalue weighted by Gasteiger charge is -1.99. The number of hydrogen-bond acceptors (Lipinski definition) is 2. The molecule has 0 aliphatic heterocycles. The van der Waals surface area contributed by atoms with Crippen molar-refractivity contribution in [2.75, 3.05) is 20.7 Å². The lowest BCUT2D eigenvalue weighted by molar-refractivity contribution is 0.185. The molecule has 2 heteroatoms. The third kappa shape index (κ3) is 3.73. The van der Waals surface area contributed by atoms with E-state index in [0.29, 0.717) is 6.61 Å². The minimum absolute atomic E-state index is 0.681. The first-order valence-electron chi connectivity index (χ1n) is 4.76. The van der Waals surface area contributed by atoms with Crippen molar-refractivity contribution in [3.05, 3.63) is 41.5 Å². The highest BCUT2D eigenvalue weighted by Crippen LogP contribution is 2.06. The highest BCUT2D eigenvalue weighted by atomic mass is 16.5. The van der Waals surface area contributed by atoms with Crippen molar-refractivity contribution in [3.63, 3.8) is 0 Å². The minimum Gasteiger partial charge on any atom is -0.380 e. The van der Waals surface area contributed by atoms with Gasteiger partial charge in [0.1, 0.15) is 0 Å². The summed E-state index contributed by atoms with van der Waals surface area (Å²) in [5.74, 6) is 0. The van der Waals surface area contributed by atoms with E-state index in [1.165, 1.54) is 11.1 Å². The molecule has 76 valence electrons. The molecule has 0 aliphatic carbocycles. The second-order valence-corrected chi connectivity index (χ2v) is 3.13. The molecule has 14 heavy (non-hydrogen) atoms. The summed E-state index contributed by atoms with van der Waals surface area (Å²) >= 11 is 0. The Morgan fingerprint density at radius 1 is 1.29 bits per heavy atom. The number of nitrogens with one attached hydrogen (secondary N) is 1. The molecule has 1 rings (SSSR count). The van der Waals surface area contributed by atoms with Crippen LogP contribution in [0.15, 0.2) is 30.3 Å². The number of benzene rings is 1. The highest BCUT2D eigenvalue weighted by Gasteiger charge is 1.90. The molecule has 0 bridgehead atoms. The summed E-state index contributed by atoms with van der Waals surface area (Å²) in [4.78, 5) is 0. The van der Waals surface area contributed by atoms with E-state index < -0.39 is 0 Å². The van der Waals surface area contributed by atoms with Crippen LogP contribution in [-0.2, 0) is 11.3 Å². The summed E-state index contributed by atoms with van der Waals surface area (Å²) < 4.78 is 5.04. The Morgan fingerprint density at radius 3 is 2.57 bits per heavy atom. The van der Waals surface area contributed by atoms with Gasteiger partial charge in [0.05, 0.1) is 6.61 Å². The molecule has 0 amide bonds. The van der Waals surface area contributed by atoms with Gasteiger partial charge in [-0.1, -0.05) is 36.4 Å². The zero-order valence-electron chi connectivity index (χ0n) is 8.79. The molecule has 1 aromatic carbocycles. The second-order valence-electron chi connectivity index (χ2n) is 3.13. The lowest BCUT2D eigenvalue weighted by atomic mass is 10.1. The maximum atomic E-state index is 5.04. The normalized spacial score (nSPS) is 11.0. The largest absolute Gasteiger partial charge is 0.380 e. The van der Waals surface area contributed by atoms with Crippen LogP contribution in [0.3, 0.4) is 0 Å². The van der Waals surface area contributed by atoms with E-state index in [9.17, 15) is 0 Å². The predicted molar refractivity (Wildman–Crippen MR) is 60.1 cm³/mol. The first-order chi connectivity index (χ1) is 6.86. The molecule has 0 radical (unpaired) electrons. The van der Waals surface area contributed by atoms with E-state index >= 15 is 0 Å². The van der Waals surface area contributed by atoms with Crippen molar-refractivity contribution in [1.29, 1.82) is 0 Å². The van der Waals surface area contributed by atoms with Gasteiger partial charge in [-0.3, -0.25) is 0 Å². The van der Waals surface area contributed by atoms with E-state index in [-0.39, 0.29) is 0 Å². The molecule has 0 aliphatic rings. The number of hydrogen-bond donors (Lipinski definition) is 1. The van der Waals surface area contributed by atoms with Crippen LogP contribution in [0.2, 0.25) is 0 Å². The summed E-state index contributed by atoms with van der Waals surface area (Å²) in [5, 5.41) is 3.06. The van der Waals surface area contributed by atoms with Crippen molar-refractivity contribution in [3.8, 4) is 0 Å². The van der Waals surface area contributed by atoms with E-state index in [4.69, 9.17) is 4.74 Å². The molecule has 1 aromatic rings. The number of methoxy groups -OCH3 is 1. The molecule has 0 saturated carbocycles. The van der Waals surface area contributed by atoms with Gasteiger partial charge in [-0.25, -0.2) is 0 Å². The molecular weight excluding hydrogens is 174 g/mol.